The summed E-state index contributed by atoms with van der Waals surface area (Å²) in [5.74, 6) is 0. The molecular weight excluding hydrogens is 295 g/mol. The van der Waals surface area contributed by atoms with Crippen LogP contribution in [0.15, 0.2) is 30.3 Å². The molecule has 2 rings (SSSR count). The van der Waals surface area contributed by atoms with E-state index in [0.717, 1.165) is 10.9 Å². The zero-order valence-electron chi connectivity index (χ0n) is 10.0. The topological polar surface area (TPSA) is 12.0 Å². The predicted molar refractivity (Wildman–Crippen MR) is 72.5 cm³/mol. The summed E-state index contributed by atoms with van der Waals surface area (Å²) in [4.78, 5) is 1.58. The van der Waals surface area contributed by atoms with E-state index in [9.17, 15) is 13.2 Å². The third-order valence-electron chi connectivity index (χ3n) is 2.57. The first-order valence-corrected chi connectivity index (χ1v) is 6.71. The second-order valence-electron chi connectivity index (χ2n) is 3.98. The number of thiophene rings is 1. The van der Waals surface area contributed by atoms with Crippen molar-refractivity contribution in [2.75, 3.05) is 7.05 Å². The minimum Gasteiger partial charge on any atom is -0.315 e. The first-order valence-electron chi connectivity index (χ1n) is 5.52. The summed E-state index contributed by atoms with van der Waals surface area (Å²) in [6, 6.07) is 7.39. The van der Waals surface area contributed by atoms with Crippen molar-refractivity contribution in [3.8, 4) is 10.4 Å². The van der Waals surface area contributed by atoms with Gasteiger partial charge in [0.1, 0.15) is 0 Å². The van der Waals surface area contributed by atoms with Gasteiger partial charge in [-0.15, -0.1) is 11.3 Å². The van der Waals surface area contributed by atoms with Crippen molar-refractivity contribution in [3.05, 3.63) is 45.8 Å². The molecular formula is C13H11ClF3NS. The number of alkyl halides is 3. The largest absolute Gasteiger partial charge is 0.417 e. The highest BCUT2D eigenvalue weighted by atomic mass is 35.5. The highest BCUT2D eigenvalue weighted by Gasteiger charge is 2.34. The van der Waals surface area contributed by atoms with Crippen LogP contribution < -0.4 is 5.32 Å². The van der Waals surface area contributed by atoms with Crippen molar-refractivity contribution in [2.45, 2.75) is 12.7 Å². The van der Waals surface area contributed by atoms with Crippen molar-refractivity contribution in [2.24, 2.45) is 0 Å². The first kappa shape index (κ1) is 14.4. The summed E-state index contributed by atoms with van der Waals surface area (Å²) in [6.07, 6.45) is -4.41. The number of rotatable bonds is 3. The highest BCUT2D eigenvalue weighted by molar-refractivity contribution is 7.15. The maximum Gasteiger partial charge on any atom is 0.417 e. The van der Waals surface area contributed by atoms with Gasteiger partial charge in [-0.25, -0.2) is 0 Å². The average molecular weight is 306 g/mol. The van der Waals surface area contributed by atoms with Gasteiger partial charge in [0.25, 0.3) is 0 Å². The second kappa shape index (κ2) is 5.53. The van der Waals surface area contributed by atoms with Gasteiger partial charge in [-0.1, -0.05) is 17.7 Å². The molecule has 0 radical (unpaired) electrons. The fourth-order valence-corrected chi connectivity index (χ4v) is 2.99. The van der Waals surface area contributed by atoms with Crippen LogP contribution in [0.1, 0.15) is 10.4 Å². The Kier molecular flexibility index (Phi) is 4.18. The maximum absolute atomic E-state index is 13.0. The Morgan fingerprint density at radius 3 is 2.58 bits per heavy atom. The molecule has 1 aromatic carbocycles. The first-order chi connectivity index (χ1) is 8.91. The van der Waals surface area contributed by atoms with Gasteiger partial charge in [0.15, 0.2) is 0 Å². The fourth-order valence-electron chi connectivity index (χ4n) is 1.76. The number of hydrogen-bond donors (Lipinski definition) is 1. The number of halogens is 4. The Morgan fingerprint density at radius 1 is 1.21 bits per heavy atom. The third-order valence-corrected chi connectivity index (χ3v) is 3.92. The third kappa shape index (κ3) is 3.29. The van der Waals surface area contributed by atoms with E-state index in [1.807, 2.05) is 6.07 Å². The molecule has 0 aliphatic carbocycles. The summed E-state index contributed by atoms with van der Waals surface area (Å²) in [6.45, 7) is 0.638. The minimum atomic E-state index is -4.41. The van der Waals surface area contributed by atoms with E-state index in [-0.39, 0.29) is 10.6 Å². The standard InChI is InChI=1S/C13H11ClF3NS/c1-18-7-9-3-5-12(19-9)10-4-2-8(14)6-11(10)13(15,16)17/h2-6,18H,7H2,1H3. The summed E-state index contributed by atoms with van der Waals surface area (Å²) in [7, 11) is 1.79. The van der Waals surface area contributed by atoms with Crippen molar-refractivity contribution in [3.63, 3.8) is 0 Å². The molecule has 19 heavy (non-hydrogen) atoms. The van der Waals surface area contributed by atoms with Gasteiger partial charge in [0.2, 0.25) is 0 Å². The van der Waals surface area contributed by atoms with Gasteiger partial charge >= 0.3 is 6.18 Å². The van der Waals surface area contributed by atoms with Gasteiger partial charge in [0, 0.05) is 26.9 Å². The molecule has 6 heteroatoms. The van der Waals surface area contributed by atoms with Crippen LogP contribution in [0.2, 0.25) is 5.02 Å². The Labute approximate surface area is 118 Å². The number of hydrogen-bond acceptors (Lipinski definition) is 2. The van der Waals surface area contributed by atoms with Gasteiger partial charge in [-0.3, -0.25) is 0 Å². The Balaban J connectivity index is 2.48. The van der Waals surface area contributed by atoms with Crippen molar-refractivity contribution in [1.82, 2.24) is 5.32 Å². The van der Waals surface area contributed by atoms with E-state index in [4.69, 9.17) is 11.6 Å². The quantitative estimate of drug-likeness (QED) is 0.858. The molecule has 0 bridgehead atoms. The van der Waals surface area contributed by atoms with Crippen LogP contribution in [-0.4, -0.2) is 7.05 Å². The smallest absolute Gasteiger partial charge is 0.315 e. The Bertz CT molecular complexity index is 578. The van der Waals surface area contributed by atoms with E-state index in [1.54, 1.807) is 13.1 Å². The minimum absolute atomic E-state index is 0.0862. The summed E-state index contributed by atoms with van der Waals surface area (Å²) in [5.41, 5.74) is -0.526. The van der Waals surface area contributed by atoms with E-state index in [1.165, 1.54) is 23.5 Å². The van der Waals surface area contributed by atoms with Crippen LogP contribution in [0.4, 0.5) is 13.2 Å². The van der Waals surface area contributed by atoms with Crippen LogP contribution in [0.25, 0.3) is 10.4 Å². The normalized spacial score (nSPS) is 11.8. The van der Waals surface area contributed by atoms with Crippen LogP contribution in [0.3, 0.4) is 0 Å². The second-order valence-corrected chi connectivity index (χ2v) is 5.59. The van der Waals surface area contributed by atoms with E-state index < -0.39 is 11.7 Å². The van der Waals surface area contributed by atoms with Crippen molar-refractivity contribution >= 4 is 22.9 Å². The van der Waals surface area contributed by atoms with Gasteiger partial charge in [0.05, 0.1) is 5.56 Å². The van der Waals surface area contributed by atoms with Gasteiger partial charge < -0.3 is 5.32 Å². The molecule has 2 aromatic rings. The van der Waals surface area contributed by atoms with Crippen LogP contribution in [0.5, 0.6) is 0 Å². The lowest BCUT2D eigenvalue weighted by molar-refractivity contribution is -0.137. The fraction of sp³-hybridized carbons (Fsp3) is 0.231. The number of benzene rings is 1. The Hall–Kier alpha value is -1.04. The molecule has 1 nitrogen and oxygen atoms in total. The zero-order chi connectivity index (χ0) is 14.0. The molecule has 0 aliphatic rings. The molecule has 0 aliphatic heterocycles. The average Bonchev–Trinajstić information content (AvgIpc) is 2.77. The predicted octanol–water partition coefficient (Wildman–Crippen LogP) is 4.81. The lowest BCUT2D eigenvalue weighted by Gasteiger charge is -2.12. The molecule has 0 atom stereocenters. The van der Waals surface area contributed by atoms with Crippen LogP contribution >= 0.6 is 22.9 Å². The zero-order valence-corrected chi connectivity index (χ0v) is 11.6. The molecule has 0 spiro atoms. The van der Waals surface area contributed by atoms with E-state index >= 15 is 0 Å². The molecule has 1 heterocycles. The molecule has 0 saturated carbocycles. The molecule has 0 saturated heterocycles. The molecule has 0 fully saturated rings. The van der Waals surface area contributed by atoms with Crippen molar-refractivity contribution in [1.29, 1.82) is 0 Å². The summed E-state index contributed by atoms with van der Waals surface area (Å²) in [5, 5.41) is 3.06. The molecule has 0 amide bonds. The molecule has 102 valence electrons. The van der Waals surface area contributed by atoms with Gasteiger partial charge in [-0.2, -0.15) is 13.2 Å². The molecule has 1 aromatic heterocycles. The Morgan fingerprint density at radius 2 is 1.95 bits per heavy atom. The van der Waals surface area contributed by atoms with E-state index in [2.05, 4.69) is 5.32 Å². The summed E-state index contributed by atoms with van der Waals surface area (Å²) >= 11 is 7.00. The monoisotopic (exact) mass is 305 g/mol. The lowest BCUT2D eigenvalue weighted by Crippen LogP contribution is -2.06. The molecule has 1 N–H and O–H groups in total. The van der Waals surface area contributed by atoms with E-state index in [0.29, 0.717) is 11.4 Å². The van der Waals surface area contributed by atoms with Gasteiger partial charge in [-0.05, 0) is 31.3 Å². The summed E-state index contributed by atoms with van der Waals surface area (Å²) < 4.78 is 39.0. The number of nitrogens with one attached hydrogen (secondary N) is 1. The van der Waals surface area contributed by atoms with Crippen LogP contribution in [0, 0.1) is 0 Å². The van der Waals surface area contributed by atoms with Crippen molar-refractivity contribution < 1.29 is 13.2 Å². The maximum atomic E-state index is 13.0. The van der Waals surface area contributed by atoms with Crippen LogP contribution in [-0.2, 0) is 12.7 Å². The lowest BCUT2D eigenvalue weighted by atomic mass is 10.1. The molecule has 0 unspecified atom stereocenters. The SMILES string of the molecule is CNCc1ccc(-c2ccc(Cl)cc2C(F)(F)F)s1. The highest BCUT2D eigenvalue weighted by Crippen LogP contribution is 2.40.